The highest BCUT2D eigenvalue weighted by Crippen LogP contribution is 2.33. The molecule has 1 aliphatic rings. The van der Waals surface area contributed by atoms with Gasteiger partial charge in [-0.15, -0.1) is 11.3 Å². The molecule has 0 spiro atoms. The number of aromatic amines is 1. The summed E-state index contributed by atoms with van der Waals surface area (Å²) in [5.41, 5.74) is 3.31. The molecular formula is C22H26N4O2S. The zero-order valence-electron chi connectivity index (χ0n) is 16.9. The van der Waals surface area contributed by atoms with Gasteiger partial charge >= 0.3 is 0 Å². The number of rotatable bonds is 6. The highest BCUT2D eigenvalue weighted by atomic mass is 32.1. The Morgan fingerprint density at radius 3 is 2.72 bits per heavy atom. The molecule has 0 unspecified atom stereocenters. The van der Waals surface area contributed by atoms with E-state index in [4.69, 9.17) is 0 Å². The predicted molar refractivity (Wildman–Crippen MR) is 118 cm³/mol. The van der Waals surface area contributed by atoms with Crippen LogP contribution in [0.5, 0.6) is 0 Å². The fourth-order valence-electron chi connectivity index (χ4n) is 3.76. The van der Waals surface area contributed by atoms with Crippen LogP contribution in [-0.2, 0) is 30.6 Å². The van der Waals surface area contributed by atoms with Crippen LogP contribution in [-0.4, -0.2) is 30.0 Å². The van der Waals surface area contributed by atoms with E-state index in [1.54, 1.807) is 11.3 Å². The van der Waals surface area contributed by atoms with Crippen LogP contribution in [0.15, 0.2) is 29.1 Å². The summed E-state index contributed by atoms with van der Waals surface area (Å²) in [4.78, 5) is 36.5. The van der Waals surface area contributed by atoms with Gasteiger partial charge in [0, 0.05) is 44.0 Å². The van der Waals surface area contributed by atoms with Crippen molar-refractivity contribution < 1.29 is 4.79 Å². The lowest BCUT2D eigenvalue weighted by molar-refractivity contribution is -0.121. The third-order valence-electron chi connectivity index (χ3n) is 5.41. The SMILES string of the molecule is CN(C)c1ccc(CNC(=O)CCc2nc3sc4c(c3c(=O)[nH]2)CCCC4)cc1. The zero-order chi connectivity index (χ0) is 20.4. The van der Waals surface area contributed by atoms with Gasteiger partial charge in [0.1, 0.15) is 10.7 Å². The van der Waals surface area contributed by atoms with Crippen molar-refractivity contribution in [1.29, 1.82) is 0 Å². The Morgan fingerprint density at radius 2 is 1.97 bits per heavy atom. The third-order valence-corrected chi connectivity index (χ3v) is 6.59. The molecule has 4 rings (SSSR count). The molecule has 152 valence electrons. The molecule has 0 radical (unpaired) electrons. The van der Waals surface area contributed by atoms with Crippen LogP contribution in [0.2, 0.25) is 0 Å². The lowest BCUT2D eigenvalue weighted by atomic mass is 9.97. The van der Waals surface area contributed by atoms with Crippen molar-refractivity contribution in [2.45, 2.75) is 45.1 Å². The number of benzene rings is 1. The van der Waals surface area contributed by atoms with E-state index in [9.17, 15) is 9.59 Å². The number of nitrogens with one attached hydrogen (secondary N) is 2. The zero-order valence-corrected chi connectivity index (χ0v) is 17.7. The maximum absolute atomic E-state index is 12.6. The summed E-state index contributed by atoms with van der Waals surface area (Å²) in [7, 11) is 4.00. The number of hydrogen-bond donors (Lipinski definition) is 2. The molecule has 1 amide bonds. The van der Waals surface area contributed by atoms with Gasteiger partial charge in [0.15, 0.2) is 0 Å². The molecule has 3 aromatic rings. The number of hydrogen-bond acceptors (Lipinski definition) is 5. The summed E-state index contributed by atoms with van der Waals surface area (Å²) in [6, 6.07) is 8.10. The van der Waals surface area contributed by atoms with Crippen molar-refractivity contribution in [3.05, 3.63) is 56.4 Å². The topological polar surface area (TPSA) is 78.1 Å². The minimum atomic E-state index is -0.0641. The molecule has 0 atom stereocenters. The largest absolute Gasteiger partial charge is 0.378 e. The van der Waals surface area contributed by atoms with Gasteiger partial charge in [0.2, 0.25) is 5.91 Å². The van der Waals surface area contributed by atoms with Crippen LogP contribution in [0.1, 0.15) is 41.1 Å². The molecule has 0 saturated heterocycles. The Balaban J connectivity index is 1.36. The molecular weight excluding hydrogens is 384 g/mol. The van der Waals surface area contributed by atoms with Gasteiger partial charge in [-0.1, -0.05) is 12.1 Å². The molecule has 0 saturated carbocycles. The summed E-state index contributed by atoms with van der Waals surface area (Å²) in [5.74, 6) is 0.543. The second-order valence-electron chi connectivity index (χ2n) is 7.74. The maximum atomic E-state index is 12.6. The molecule has 0 fully saturated rings. The van der Waals surface area contributed by atoms with E-state index in [-0.39, 0.29) is 11.5 Å². The second-order valence-corrected chi connectivity index (χ2v) is 8.82. The lowest BCUT2D eigenvalue weighted by Gasteiger charge is -2.13. The van der Waals surface area contributed by atoms with Gasteiger partial charge in [-0.25, -0.2) is 4.98 Å². The monoisotopic (exact) mass is 410 g/mol. The predicted octanol–water partition coefficient (Wildman–Crippen LogP) is 3.18. The summed E-state index contributed by atoms with van der Waals surface area (Å²) >= 11 is 1.64. The number of anilines is 1. The molecule has 2 N–H and O–H groups in total. The normalized spacial score (nSPS) is 13.3. The molecule has 6 nitrogen and oxygen atoms in total. The molecule has 2 heterocycles. The smallest absolute Gasteiger partial charge is 0.259 e. The number of fused-ring (bicyclic) bond motifs is 3. The number of H-pyrrole nitrogens is 1. The van der Waals surface area contributed by atoms with Crippen LogP contribution >= 0.6 is 11.3 Å². The van der Waals surface area contributed by atoms with Crippen LogP contribution in [0.4, 0.5) is 5.69 Å². The number of aryl methyl sites for hydroxylation is 3. The summed E-state index contributed by atoms with van der Waals surface area (Å²) in [5, 5.41) is 3.70. The molecule has 0 aliphatic heterocycles. The summed E-state index contributed by atoms with van der Waals surface area (Å²) in [6.45, 7) is 0.493. The van der Waals surface area contributed by atoms with E-state index < -0.39 is 0 Å². The Morgan fingerprint density at radius 1 is 1.21 bits per heavy atom. The quantitative estimate of drug-likeness (QED) is 0.654. The fourth-order valence-corrected chi connectivity index (χ4v) is 5.04. The lowest BCUT2D eigenvalue weighted by Crippen LogP contribution is -2.23. The van der Waals surface area contributed by atoms with Gasteiger partial charge in [0.25, 0.3) is 5.56 Å². The van der Waals surface area contributed by atoms with E-state index in [2.05, 4.69) is 15.3 Å². The molecule has 29 heavy (non-hydrogen) atoms. The van der Waals surface area contributed by atoms with Gasteiger partial charge in [-0.2, -0.15) is 0 Å². The highest BCUT2D eigenvalue weighted by Gasteiger charge is 2.19. The minimum absolute atomic E-state index is 0.0464. The first-order valence-corrected chi connectivity index (χ1v) is 10.9. The summed E-state index contributed by atoms with van der Waals surface area (Å²) in [6.07, 6.45) is 5.07. The van der Waals surface area contributed by atoms with Gasteiger partial charge in [-0.3, -0.25) is 9.59 Å². The number of carbonyl (C=O) groups is 1. The van der Waals surface area contributed by atoms with Crippen LogP contribution < -0.4 is 15.8 Å². The Hall–Kier alpha value is -2.67. The first-order chi connectivity index (χ1) is 14.0. The maximum Gasteiger partial charge on any atom is 0.259 e. The van der Waals surface area contributed by atoms with E-state index in [1.807, 2.05) is 43.3 Å². The second kappa shape index (κ2) is 8.37. The van der Waals surface area contributed by atoms with Gasteiger partial charge < -0.3 is 15.2 Å². The molecule has 1 aliphatic carbocycles. The number of amides is 1. The van der Waals surface area contributed by atoms with Crippen LogP contribution in [0, 0.1) is 0 Å². The number of thiophene rings is 1. The Kier molecular flexibility index (Phi) is 5.67. The number of aromatic nitrogens is 2. The van der Waals surface area contributed by atoms with Gasteiger partial charge in [-0.05, 0) is 48.9 Å². The molecule has 7 heteroatoms. The first kappa shape index (κ1) is 19.6. The number of nitrogens with zero attached hydrogens (tertiary/aromatic N) is 2. The molecule has 1 aromatic carbocycles. The van der Waals surface area contributed by atoms with E-state index in [0.717, 1.165) is 40.7 Å². The third kappa shape index (κ3) is 4.34. The van der Waals surface area contributed by atoms with Crippen LogP contribution in [0.25, 0.3) is 10.2 Å². The minimum Gasteiger partial charge on any atom is -0.378 e. The Labute approximate surface area is 174 Å². The van der Waals surface area contributed by atoms with Crippen molar-refractivity contribution in [2.75, 3.05) is 19.0 Å². The number of carbonyl (C=O) groups excluding carboxylic acids is 1. The van der Waals surface area contributed by atoms with Crippen molar-refractivity contribution >= 4 is 33.1 Å². The standard InChI is InChI=1S/C22H26N4O2S/c1-26(2)15-9-7-14(8-10-15)13-23-19(27)12-11-18-24-21(28)20-16-5-3-4-6-17(16)29-22(20)25-18/h7-10H,3-6,11-13H2,1-2H3,(H,23,27)(H,24,25,28). The molecule has 0 bridgehead atoms. The average Bonchev–Trinajstić information content (AvgIpc) is 3.10. The fraction of sp³-hybridized carbons (Fsp3) is 0.409. The Bertz CT molecular complexity index is 1080. The van der Waals surface area contributed by atoms with Crippen molar-refractivity contribution in [3.63, 3.8) is 0 Å². The van der Waals surface area contributed by atoms with E-state index in [1.165, 1.54) is 16.9 Å². The average molecular weight is 411 g/mol. The highest BCUT2D eigenvalue weighted by molar-refractivity contribution is 7.18. The van der Waals surface area contributed by atoms with E-state index in [0.29, 0.717) is 25.2 Å². The van der Waals surface area contributed by atoms with Crippen molar-refractivity contribution in [3.8, 4) is 0 Å². The molecule has 2 aromatic heterocycles. The first-order valence-electron chi connectivity index (χ1n) is 10.1. The van der Waals surface area contributed by atoms with Crippen molar-refractivity contribution in [1.82, 2.24) is 15.3 Å². The summed E-state index contributed by atoms with van der Waals surface area (Å²) < 4.78 is 0. The van der Waals surface area contributed by atoms with Crippen molar-refractivity contribution in [2.24, 2.45) is 0 Å². The van der Waals surface area contributed by atoms with Gasteiger partial charge in [0.05, 0.1) is 5.39 Å². The van der Waals surface area contributed by atoms with E-state index >= 15 is 0 Å². The van der Waals surface area contributed by atoms with Crippen LogP contribution in [0.3, 0.4) is 0 Å².